The number of hydrogen-bond acceptors (Lipinski definition) is 6. The molecule has 0 aliphatic carbocycles. The molecule has 164 valence electrons. The molecule has 0 atom stereocenters. The van der Waals surface area contributed by atoms with E-state index in [-0.39, 0.29) is 18.9 Å². The van der Waals surface area contributed by atoms with Crippen molar-refractivity contribution in [1.29, 1.82) is 0 Å². The highest BCUT2D eigenvalue weighted by atomic mass is 32.2. The van der Waals surface area contributed by atoms with Gasteiger partial charge in [-0.1, -0.05) is 0 Å². The highest BCUT2D eigenvalue weighted by Gasteiger charge is 2.33. The zero-order chi connectivity index (χ0) is 22.5. The van der Waals surface area contributed by atoms with Crippen molar-refractivity contribution in [3.05, 3.63) is 53.4 Å². The summed E-state index contributed by atoms with van der Waals surface area (Å²) in [5.74, 6) is -12.1. The van der Waals surface area contributed by atoms with Gasteiger partial charge in [-0.15, -0.1) is 11.8 Å². The first kappa shape index (κ1) is 23.9. The summed E-state index contributed by atoms with van der Waals surface area (Å²) in [5.41, 5.74) is 0. The Morgan fingerprint density at radius 3 is 2.03 bits per heavy atom. The lowest BCUT2D eigenvalue weighted by Crippen LogP contribution is -2.29. The van der Waals surface area contributed by atoms with E-state index >= 15 is 0 Å². The first-order valence-corrected chi connectivity index (χ1v) is 10.5. The van der Waals surface area contributed by atoms with Gasteiger partial charge in [0.2, 0.25) is 15.8 Å². The Kier molecular flexibility index (Phi) is 8.03. The monoisotopic (exact) mass is 471 g/mol. The molecular formula is C17H14F5NO5S2. The molecule has 6 nitrogen and oxygen atoms in total. The number of benzene rings is 2. The number of esters is 1. The fourth-order valence-electron chi connectivity index (χ4n) is 2.07. The summed E-state index contributed by atoms with van der Waals surface area (Å²) in [6.45, 7) is -0.629. The Labute approximate surface area is 172 Å². The second kappa shape index (κ2) is 10.1. The van der Waals surface area contributed by atoms with Gasteiger partial charge in [0.15, 0.2) is 34.8 Å². The highest BCUT2D eigenvalue weighted by Crippen LogP contribution is 2.27. The topological polar surface area (TPSA) is 81.7 Å². The summed E-state index contributed by atoms with van der Waals surface area (Å²) in [7, 11) is -3.77. The van der Waals surface area contributed by atoms with Crippen LogP contribution in [0.15, 0.2) is 34.1 Å². The fraction of sp³-hybridized carbons (Fsp3) is 0.235. The molecule has 0 amide bonds. The van der Waals surface area contributed by atoms with Gasteiger partial charge in [0, 0.05) is 17.2 Å². The number of rotatable bonds is 9. The van der Waals surface area contributed by atoms with E-state index in [0.29, 0.717) is 10.6 Å². The average Bonchev–Trinajstić information content (AvgIpc) is 2.72. The number of halogens is 5. The average molecular weight is 471 g/mol. The number of sulfonamides is 1. The lowest BCUT2D eigenvalue weighted by atomic mass is 10.3. The van der Waals surface area contributed by atoms with Gasteiger partial charge in [-0.05, 0) is 24.3 Å². The van der Waals surface area contributed by atoms with Crippen LogP contribution in [0.4, 0.5) is 22.0 Å². The molecule has 0 aliphatic heterocycles. The van der Waals surface area contributed by atoms with Gasteiger partial charge >= 0.3 is 5.97 Å². The molecule has 2 aromatic rings. The summed E-state index contributed by atoms with van der Waals surface area (Å²) in [6, 6.07) is 6.31. The van der Waals surface area contributed by atoms with Crippen molar-refractivity contribution in [2.45, 2.75) is 9.79 Å². The Hall–Kier alpha value is -2.38. The molecule has 0 unspecified atom stereocenters. The molecule has 2 aromatic carbocycles. The van der Waals surface area contributed by atoms with Gasteiger partial charge in [-0.3, -0.25) is 0 Å². The number of carbonyl (C=O) groups is 1. The molecular weight excluding hydrogens is 457 g/mol. The molecule has 0 aromatic heterocycles. The molecule has 0 radical (unpaired) electrons. The number of methoxy groups -OCH3 is 1. The molecule has 0 heterocycles. The first-order valence-electron chi connectivity index (χ1n) is 8.02. The summed E-state index contributed by atoms with van der Waals surface area (Å²) < 4.78 is 102. The van der Waals surface area contributed by atoms with Gasteiger partial charge in [0.05, 0.1) is 7.11 Å². The molecule has 13 heteroatoms. The second-order valence-electron chi connectivity index (χ2n) is 5.48. The normalized spacial score (nSPS) is 11.4. The van der Waals surface area contributed by atoms with E-state index in [1.54, 1.807) is 29.0 Å². The minimum atomic E-state index is -4.99. The molecule has 0 bridgehead atoms. The van der Waals surface area contributed by atoms with E-state index in [1.165, 1.54) is 7.11 Å². The number of thioether (sulfide) groups is 1. The lowest BCUT2D eigenvalue weighted by Gasteiger charge is -2.10. The van der Waals surface area contributed by atoms with E-state index < -0.39 is 50.0 Å². The predicted octanol–water partition coefficient (Wildman–Crippen LogP) is 3.00. The Morgan fingerprint density at radius 1 is 0.967 bits per heavy atom. The summed E-state index contributed by atoms with van der Waals surface area (Å²) in [4.78, 5) is 9.72. The van der Waals surface area contributed by atoms with Crippen molar-refractivity contribution >= 4 is 27.8 Å². The number of ether oxygens (including phenoxy) is 2. The lowest BCUT2D eigenvalue weighted by molar-refractivity contribution is -0.142. The Bertz CT molecular complexity index is 1000. The molecule has 0 fully saturated rings. The zero-order valence-electron chi connectivity index (χ0n) is 15.2. The van der Waals surface area contributed by atoms with Crippen molar-refractivity contribution in [2.24, 2.45) is 0 Å². The van der Waals surface area contributed by atoms with Crippen LogP contribution in [-0.2, 0) is 19.6 Å². The minimum absolute atomic E-state index is 0.0803. The third-order valence-corrected chi connectivity index (χ3v) is 6.00. The molecule has 2 rings (SSSR count). The maximum absolute atomic E-state index is 13.7. The van der Waals surface area contributed by atoms with Crippen molar-refractivity contribution < 1.29 is 44.6 Å². The molecule has 1 N–H and O–H groups in total. The van der Waals surface area contributed by atoms with Gasteiger partial charge in [-0.2, -0.15) is 0 Å². The van der Waals surface area contributed by atoms with Crippen LogP contribution < -0.4 is 9.46 Å². The summed E-state index contributed by atoms with van der Waals surface area (Å²) >= 11 is 1.14. The molecule has 0 saturated carbocycles. The second-order valence-corrected chi connectivity index (χ2v) is 8.35. The van der Waals surface area contributed by atoms with Crippen LogP contribution in [0.5, 0.6) is 5.75 Å². The van der Waals surface area contributed by atoms with Gasteiger partial charge in [-0.25, -0.2) is 39.9 Å². The molecule has 0 aliphatic rings. The third-order valence-electron chi connectivity index (χ3n) is 3.51. The van der Waals surface area contributed by atoms with Crippen molar-refractivity contribution in [3.63, 3.8) is 0 Å². The third kappa shape index (κ3) is 5.61. The molecule has 0 spiro atoms. The zero-order valence-corrected chi connectivity index (χ0v) is 16.8. The SMILES string of the molecule is COC(=O)COc1ccc(SCCNS(=O)(=O)c2c(F)c(F)c(F)c(F)c2F)cc1. The Balaban J connectivity index is 1.95. The molecule has 0 saturated heterocycles. The van der Waals surface area contributed by atoms with Crippen molar-refractivity contribution in [2.75, 3.05) is 26.0 Å². The van der Waals surface area contributed by atoms with Crippen LogP contribution in [0.2, 0.25) is 0 Å². The van der Waals surface area contributed by atoms with E-state index in [1.807, 2.05) is 0 Å². The largest absolute Gasteiger partial charge is 0.482 e. The number of hydrogen-bond donors (Lipinski definition) is 1. The minimum Gasteiger partial charge on any atom is -0.482 e. The van der Waals surface area contributed by atoms with E-state index in [2.05, 4.69) is 4.74 Å². The summed E-state index contributed by atoms with van der Waals surface area (Å²) in [5, 5.41) is 0. The highest BCUT2D eigenvalue weighted by molar-refractivity contribution is 7.99. The van der Waals surface area contributed by atoms with Gasteiger partial charge in [0.1, 0.15) is 5.75 Å². The fourth-order valence-corrected chi connectivity index (χ4v) is 4.13. The van der Waals surface area contributed by atoms with Crippen LogP contribution in [-0.4, -0.2) is 40.4 Å². The van der Waals surface area contributed by atoms with Crippen molar-refractivity contribution in [1.82, 2.24) is 4.72 Å². The van der Waals surface area contributed by atoms with Crippen LogP contribution in [0, 0.1) is 29.1 Å². The smallest absolute Gasteiger partial charge is 0.343 e. The van der Waals surface area contributed by atoms with Crippen LogP contribution in [0.3, 0.4) is 0 Å². The molecule has 30 heavy (non-hydrogen) atoms. The van der Waals surface area contributed by atoms with Crippen LogP contribution in [0.25, 0.3) is 0 Å². The van der Waals surface area contributed by atoms with E-state index in [4.69, 9.17) is 4.74 Å². The van der Waals surface area contributed by atoms with Crippen LogP contribution in [0.1, 0.15) is 0 Å². The van der Waals surface area contributed by atoms with Gasteiger partial charge < -0.3 is 9.47 Å². The van der Waals surface area contributed by atoms with E-state index in [9.17, 15) is 35.2 Å². The number of carbonyl (C=O) groups excluding carboxylic acids is 1. The first-order chi connectivity index (χ1) is 14.1. The standard InChI is InChI=1S/C17H14F5NO5S2/c1-27-11(24)8-28-9-2-4-10(5-3-9)29-7-6-23-30(25,26)17-15(21)13(19)12(18)14(20)16(17)22/h2-5,23H,6-8H2,1H3. The van der Waals surface area contributed by atoms with E-state index in [0.717, 1.165) is 11.8 Å². The summed E-state index contributed by atoms with van der Waals surface area (Å²) in [6.07, 6.45) is 0. The maximum Gasteiger partial charge on any atom is 0.343 e. The van der Waals surface area contributed by atoms with Crippen LogP contribution >= 0.6 is 11.8 Å². The predicted molar refractivity (Wildman–Crippen MR) is 96.1 cm³/mol. The number of nitrogens with one attached hydrogen (secondary N) is 1. The van der Waals surface area contributed by atoms with Crippen molar-refractivity contribution in [3.8, 4) is 5.75 Å². The Morgan fingerprint density at radius 2 is 1.50 bits per heavy atom. The van der Waals surface area contributed by atoms with Gasteiger partial charge in [0.25, 0.3) is 0 Å². The maximum atomic E-state index is 13.7. The quantitative estimate of drug-likeness (QED) is 0.151.